The van der Waals surface area contributed by atoms with Crippen molar-refractivity contribution in [1.29, 1.82) is 0 Å². The molecule has 0 bridgehead atoms. The Morgan fingerprint density at radius 1 is 1.03 bits per heavy atom. The number of anilines is 1. The van der Waals surface area contributed by atoms with E-state index in [1.165, 1.54) is 0 Å². The number of aromatic nitrogens is 6. The smallest absolute Gasteiger partial charge is 0.227 e. The van der Waals surface area contributed by atoms with Gasteiger partial charge in [-0.2, -0.15) is 16.4 Å². The minimum atomic E-state index is 0.0874. The lowest BCUT2D eigenvalue weighted by Crippen LogP contribution is -2.20. The Kier molecular flexibility index (Phi) is 5.28. The maximum Gasteiger partial charge on any atom is 0.227 e. The van der Waals surface area contributed by atoms with Gasteiger partial charge in [0.1, 0.15) is 11.2 Å². The van der Waals surface area contributed by atoms with Gasteiger partial charge < -0.3 is 10.3 Å². The van der Waals surface area contributed by atoms with Gasteiger partial charge in [0.2, 0.25) is 5.91 Å². The maximum atomic E-state index is 12.6. The summed E-state index contributed by atoms with van der Waals surface area (Å²) in [4.78, 5) is 29.7. The number of amides is 1. The number of hydrogen-bond donors (Lipinski definition) is 3. The summed E-state index contributed by atoms with van der Waals surface area (Å²) in [7, 11) is 0. The highest BCUT2D eigenvalue weighted by Crippen LogP contribution is 2.33. The number of carbonyl (C=O) groups excluding carboxylic acids is 1. The minimum Gasteiger partial charge on any atom is -0.324 e. The molecule has 6 aromatic rings. The Bertz CT molecular complexity index is 1750. The van der Waals surface area contributed by atoms with Crippen LogP contribution >= 0.6 is 11.3 Å². The number of carbonyl (C=O) groups is 1. The van der Waals surface area contributed by atoms with Gasteiger partial charge in [-0.3, -0.25) is 14.9 Å². The van der Waals surface area contributed by atoms with E-state index in [1.807, 2.05) is 30.5 Å². The summed E-state index contributed by atoms with van der Waals surface area (Å²) in [5.74, 6) is 0.848. The highest BCUT2D eigenvalue weighted by atomic mass is 32.1. The summed E-state index contributed by atoms with van der Waals surface area (Å²) < 4.78 is 0. The van der Waals surface area contributed by atoms with Gasteiger partial charge in [-0.25, -0.2) is 9.97 Å². The quantitative estimate of drug-likeness (QED) is 0.250. The molecule has 0 radical (unpaired) electrons. The average molecular weight is 506 g/mol. The van der Waals surface area contributed by atoms with Gasteiger partial charge >= 0.3 is 0 Å². The molecule has 37 heavy (non-hydrogen) atoms. The molecule has 5 heterocycles. The first-order valence-corrected chi connectivity index (χ1v) is 13.3. The van der Waals surface area contributed by atoms with Crippen molar-refractivity contribution in [3.63, 3.8) is 0 Å². The molecule has 182 valence electrons. The van der Waals surface area contributed by atoms with Crippen molar-refractivity contribution >= 4 is 45.0 Å². The normalized spacial score (nSPS) is 14.1. The van der Waals surface area contributed by atoms with Crippen LogP contribution in [0.2, 0.25) is 0 Å². The molecule has 5 aromatic heterocycles. The van der Waals surface area contributed by atoms with Crippen molar-refractivity contribution in [2.24, 2.45) is 5.92 Å². The van der Waals surface area contributed by atoms with Gasteiger partial charge in [0, 0.05) is 34.8 Å². The molecule has 0 spiro atoms. The van der Waals surface area contributed by atoms with Crippen LogP contribution in [-0.2, 0) is 4.79 Å². The number of H-pyrrole nitrogens is 2. The molecule has 1 fully saturated rings. The molecule has 3 N–H and O–H groups in total. The van der Waals surface area contributed by atoms with Crippen molar-refractivity contribution in [3.8, 4) is 33.8 Å². The third-order valence-corrected chi connectivity index (χ3v) is 7.75. The van der Waals surface area contributed by atoms with E-state index in [9.17, 15) is 4.79 Å². The number of benzene rings is 1. The molecule has 1 amide bonds. The van der Waals surface area contributed by atoms with E-state index < -0.39 is 0 Å². The van der Waals surface area contributed by atoms with Crippen molar-refractivity contribution in [2.45, 2.75) is 25.7 Å². The fraction of sp³-hybridized carbons (Fsp3) is 0.179. The fourth-order valence-corrected chi connectivity index (χ4v) is 5.80. The molecule has 7 rings (SSSR count). The van der Waals surface area contributed by atoms with Gasteiger partial charge in [0.25, 0.3) is 0 Å². The zero-order chi connectivity index (χ0) is 24.8. The number of aromatic amines is 2. The second-order valence-corrected chi connectivity index (χ2v) is 10.2. The average Bonchev–Trinajstić information content (AvgIpc) is 3.74. The van der Waals surface area contributed by atoms with E-state index >= 15 is 0 Å². The summed E-state index contributed by atoms with van der Waals surface area (Å²) in [5, 5.41) is 15.9. The molecule has 0 unspecified atom stereocenters. The lowest BCUT2D eigenvalue weighted by atomic mass is 10.0. The van der Waals surface area contributed by atoms with Crippen LogP contribution in [0.15, 0.2) is 65.7 Å². The molecule has 1 saturated carbocycles. The number of hydrogen-bond acceptors (Lipinski definition) is 6. The van der Waals surface area contributed by atoms with Gasteiger partial charge in [-0.15, -0.1) is 0 Å². The van der Waals surface area contributed by atoms with Crippen LogP contribution in [0.4, 0.5) is 5.69 Å². The van der Waals surface area contributed by atoms with Crippen molar-refractivity contribution in [3.05, 3.63) is 65.7 Å². The monoisotopic (exact) mass is 505 g/mol. The van der Waals surface area contributed by atoms with Crippen LogP contribution in [-0.4, -0.2) is 36.0 Å². The maximum absolute atomic E-state index is 12.6. The third kappa shape index (κ3) is 3.97. The molecule has 0 aliphatic heterocycles. The molecule has 1 aliphatic rings. The van der Waals surface area contributed by atoms with E-state index in [-0.39, 0.29) is 11.8 Å². The van der Waals surface area contributed by atoms with E-state index in [0.717, 1.165) is 75.7 Å². The minimum absolute atomic E-state index is 0.0874. The van der Waals surface area contributed by atoms with E-state index in [0.29, 0.717) is 11.5 Å². The van der Waals surface area contributed by atoms with Crippen LogP contribution in [0.5, 0.6) is 0 Å². The predicted molar refractivity (Wildman–Crippen MR) is 146 cm³/mol. The SMILES string of the molecule is O=C(Nc1cncc(-c2ccc3[nH]nc(-c4nc5c(-c6ccsc6)ccnc5[nH]4)c3c2)c1)C1CCCC1. The van der Waals surface area contributed by atoms with Crippen LogP contribution in [0.1, 0.15) is 25.7 Å². The summed E-state index contributed by atoms with van der Waals surface area (Å²) in [6.45, 7) is 0. The highest BCUT2D eigenvalue weighted by molar-refractivity contribution is 7.08. The third-order valence-electron chi connectivity index (χ3n) is 7.07. The summed E-state index contributed by atoms with van der Waals surface area (Å²) in [6, 6.07) is 12.2. The van der Waals surface area contributed by atoms with Gasteiger partial charge in [0.05, 0.1) is 17.4 Å². The predicted octanol–water partition coefficient (Wildman–Crippen LogP) is 6.42. The molecule has 8 nitrogen and oxygen atoms in total. The Balaban J connectivity index is 1.25. The molecular weight excluding hydrogens is 482 g/mol. The number of nitrogens with zero attached hydrogens (tertiary/aromatic N) is 4. The molecule has 0 saturated heterocycles. The first-order chi connectivity index (χ1) is 18.2. The van der Waals surface area contributed by atoms with Crippen LogP contribution in [0.3, 0.4) is 0 Å². The second-order valence-electron chi connectivity index (χ2n) is 9.42. The molecule has 1 aliphatic carbocycles. The van der Waals surface area contributed by atoms with E-state index in [2.05, 4.69) is 53.4 Å². The van der Waals surface area contributed by atoms with Crippen molar-refractivity contribution in [1.82, 2.24) is 30.1 Å². The second kappa shape index (κ2) is 8.94. The van der Waals surface area contributed by atoms with Crippen molar-refractivity contribution < 1.29 is 4.79 Å². The van der Waals surface area contributed by atoms with Gasteiger partial charge in [0.15, 0.2) is 11.5 Å². The Morgan fingerprint density at radius 3 is 2.81 bits per heavy atom. The number of pyridine rings is 2. The van der Waals surface area contributed by atoms with E-state index in [1.54, 1.807) is 23.7 Å². The summed E-state index contributed by atoms with van der Waals surface area (Å²) in [5.41, 5.74) is 7.95. The number of nitrogens with one attached hydrogen (secondary N) is 3. The lowest BCUT2D eigenvalue weighted by molar-refractivity contribution is -0.119. The van der Waals surface area contributed by atoms with Crippen LogP contribution < -0.4 is 5.32 Å². The van der Waals surface area contributed by atoms with Crippen molar-refractivity contribution in [2.75, 3.05) is 5.32 Å². The summed E-state index contributed by atoms with van der Waals surface area (Å²) >= 11 is 1.66. The Hall–Kier alpha value is -4.37. The standard InChI is InChI=1S/C28H23N7OS/c36-28(16-3-1-2-4-16)31-20-11-19(13-29-14-20)17-5-6-23-22(12-17)25(35-34-23)27-32-24-21(18-8-10-37-15-18)7-9-30-26(24)33-27/h5-16H,1-4H2,(H,31,36)(H,34,35)(H,30,32,33). The van der Waals surface area contributed by atoms with Crippen LogP contribution in [0.25, 0.3) is 55.8 Å². The number of imidazole rings is 1. The Labute approximate surface area is 216 Å². The van der Waals surface area contributed by atoms with Gasteiger partial charge in [-0.1, -0.05) is 18.9 Å². The number of thiophene rings is 1. The van der Waals surface area contributed by atoms with E-state index in [4.69, 9.17) is 4.98 Å². The topological polar surface area (TPSA) is 112 Å². The zero-order valence-electron chi connectivity index (χ0n) is 19.9. The number of rotatable bonds is 5. The molecule has 0 atom stereocenters. The Morgan fingerprint density at radius 2 is 1.95 bits per heavy atom. The molecule has 1 aromatic carbocycles. The lowest BCUT2D eigenvalue weighted by Gasteiger charge is -2.11. The highest BCUT2D eigenvalue weighted by Gasteiger charge is 2.23. The fourth-order valence-electron chi connectivity index (χ4n) is 5.15. The molecular formula is C28H23N7OS. The van der Waals surface area contributed by atoms with Gasteiger partial charge in [-0.05, 0) is 65.1 Å². The first kappa shape index (κ1) is 21.9. The zero-order valence-corrected chi connectivity index (χ0v) is 20.7. The first-order valence-electron chi connectivity index (χ1n) is 12.3. The summed E-state index contributed by atoms with van der Waals surface area (Å²) in [6.07, 6.45) is 9.48. The number of fused-ring (bicyclic) bond motifs is 2. The molecule has 9 heteroatoms. The largest absolute Gasteiger partial charge is 0.324 e. The van der Waals surface area contributed by atoms with Crippen LogP contribution in [0, 0.1) is 5.92 Å².